The van der Waals surface area contributed by atoms with Crippen LogP contribution in [0, 0.1) is 12.3 Å². The normalized spacial score (nSPS) is 12.8. The van der Waals surface area contributed by atoms with Crippen LogP contribution in [0.2, 0.25) is 0 Å². The van der Waals surface area contributed by atoms with Crippen molar-refractivity contribution in [2.24, 2.45) is 0 Å². The number of hydrogen-bond donors (Lipinski definition) is 0. The van der Waals surface area contributed by atoms with Crippen LogP contribution in [0.3, 0.4) is 0 Å². The Morgan fingerprint density at radius 2 is 2.31 bits per heavy atom. The number of carbonyl (C=O) groups excluding carboxylic acids is 1. The van der Waals surface area contributed by atoms with Crippen molar-refractivity contribution >= 4 is 13.7 Å². The lowest BCUT2D eigenvalue weighted by Crippen LogP contribution is -2.10. The lowest BCUT2D eigenvalue weighted by Gasteiger charge is -2.02. The number of carbonyl (C=O) groups is 1. The summed E-state index contributed by atoms with van der Waals surface area (Å²) in [4.78, 5) is 10.9. The number of ether oxygens (including phenoxy) is 1. The first kappa shape index (κ1) is 12.1. The lowest BCUT2D eigenvalue weighted by atomic mass is 10.3. The average Bonchev–Trinajstić information content (AvgIpc) is 2.05. The molecule has 2 unspecified atom stereocenters. The molecule has 0 aromatic carbocycles. The standard InChI is InChI=1S/C8H12O4P/c1-4-6-7(3)12-8(9)13(10)11-5-2/h1,7H,5-6H2,2-3H3/q+1. The molecule has 0 saturated heterocycles. The van der Waals surface area contributed by atoms with Crippen molar-refractivity contribution in [2.75, 3.05) is 6.61 Å². The predicted octanol–water partition coefficient (Wildman–Crippen LogP) is 2.31. The molecule has 0 radical (unpaired) electrons. The fourth-order valence-electron chi connectivity index (χ4n) is 0.593. The molecule has 0 aromatic rings. The van der Waals surface area contributed by atoms with Crippen molar-refractivity contribution in [1.82, 2.24) is 0 Å². The maximum atomic E-state index is 10.9. The van der Waals surface area contributed by atoms with Gasteiger partial charge in [-0.25, -0.2) is 0 Å². The highest BCUT2D eigenvalue weighted by atomic mass is 31.1. The molecule has 0 bridgehead atoms. The number of terminal acetylenes is 1. The summed E-state index contributed by atoms with van der Waals surface area (Å²) in [6.07, 6.45) is 4.88. The summed E-state index contributed by atoms with van der Waals surface area (Å²) in [5, 5.41) is 0. The van der Waals surface area contributed by atoms with Crippen LogP contribution in [-0.4, -0.2) is 18.4 Å². The first-order valence-electron chi connectivity index (χ1n) is 3.86. The fraction of sp³-hybridized carbons (Fsp3) is 0.625. The zero-order valence-corrected chi connectivity index (χ0v) is 8.54. The summed E-state index contributed by atoms with van der Waals surface area (Å²) >= 11 is 0. The van der Waals surface area contributed by atoms with E-state index < -0.39 is 19.8 Å². The van der Waals surface area contributed by atoms with E-state index in [0.29, 0.717) is 6.42 Å². The van der Waals surface area contributed by atoms with E-state index in [2.05, 4.69) is 10.4 Å². The van der Waals surface area contributed by atoms with Gasteiger partial charge in [0.25, 0.3) is 0 Å². The molecule has 0 aliphatic carbocycles. The highest BCUT2D eigenvalue weighted by Crippen LogP contribution is 2.25. The van der Waals surface area contributed by atoms with E-state index in [1.165, 1.54) is 0 Å². The van der Waals surface area contributed by atoms with Crippen LogP contribution in [0.5, 0.6) is 0 Å². The Morgan fingerprint density at radius 1 is 1.69 bits per heavy atom. The Bertz CT molecular complexity index is 231. The van der Waals surface area contributed by atoms with Crippen molar-refractivity contribution in [1.29, 1.82) is 0 Å². The molecule has 0 heterocycles. The monoisotopic (exact) mass is 203 g/mol. The highest BCUT2D eigenvalue weighted by molar-refractivity contribution is 7.58. The maximum Gasteiger partial charge on any atom is 0.636 e. The number of hydrogen-bond acceptors (Lipinski definition) is 4. The molecule has 0 rings (SSSR count). The van der Waals surface area contributed by atoms with Crippen molar-refractivity contribution in [3.8, 4) is 12.3 Å². The van der Waals surface area contributed by atoms with Gasteiger partial charge >= 0.3 is 13.7 Å². The Balaban J connectivity index is 3.87. The molecule has 13 heavy (non-hydrogen) atoms. The SMILES string of the molecule is C#CCC(C)OC(=O)[P+](=O)OCC. The minimum atomic E-state index is -2.36. The van der Waals surface area contributed by atoms with Gasteiger partial charge in [0, 0.05) is 6.42 Å². The molecule has 0 N–H and O–H groups in total. The van der Waals surface area contributed by atoms with Crippen LogP contribution in [0.1, 0.15) is 20.3 Å². The quantitative estimate of drug-likeness (QED) is 0.508. The molecule has 0 fully saturated rings. The van der Waals surface area contributed by atoms with Gasteiger partial charge < -0.3 is 4.74 Å². The molecular weight excluding hydrogens is 191 g/mol. The number of rotatable bonds is 5. The van der Waals surface area contributed by atoms with Gasteiger partial charge in [-0.05, 0) is 18.4 Å². The van der Waals surface area contributed by atoms with Gasteiger partial charge in [-0.1, -0.05) is 0 Å². The van der Waals surface area contributed by atoms with E-state index >= 15 is 0 Å². The topological polar surface area (TPSA) is 52.6 Å². The van der Waals surface area contributed by atoms with E-state index in [4.69, 9.17) is 11.2 Å². The third-order valence-corrected chi connectivity index (χ3v) is 2.00. The third-order valence-electron chi connectivity index (χ3n) is 1.10. The van der Waals surface area contributed by atoms with Gasteiger partial charge in [0.1, 0.15) is 12.7 Å². The van der Waals surface area contributed by atoms with Crippen LogP contribution in [0.25, 0.3) is 0 Å². The Hall–Kier alpha value is -0.910. The van der Waals surface area contributed by atoms with Crippen molar-refractivity contribution < 1.29 is 18.6 Å². The summed E-state index contributed by atoms with van der Waals surface area (Å²) in [5.74, 6) is 2.33. The summed E-state index contributed by atoms with van der Waals surface area (Å²) < 4.78 is 20.2. The third kappa shape index (κ3) is 5.35. The van der Waals surface area contributed by atoms with E-state index in [9.17, 15) is 9.36 Å². The molecule has 0 aromatic heterocycles. The van der Waals surface area contributed by atoms with Crippen molar-refractivity contribution in [2.45, 2.75) is 26.4 Å². The molecule has 0 aliphatic heterocycles. The zero-order chi connectivity index (χ0) is 10.3. The van der Waals surface area contributed by atoms with Gasteiger partial charge in [0.2, 0.25) is 0 Å². The van der Waals surface area contributed by atoms with Crippen LogP contribution in [0.4, 0.5) is 4.79 Å². The molecule has 4 nitrogen and oxygen atoms in total. The van der Waals surface area contributed by atoms with Gasteiger partial charge in [0.15, 0.2) is 0 Å². The minimum Gasteiger partial charge on any atom is -0.421 e. The summed E-state index contributed by atoms with van der Waals surface area (Å²) in [6.45, 7) is 3.49. The fourth-order valence-corrected chi connectivity index (χ4v) is 1.20. The summed E-state index contributed by atoms with van der Waals surface area (Å²) in [5.41, 5.74) is -0.848. The van der Waals surface area contributed by atoms with Crippen molar-refractivity contribution in [3.05, 3.63) is 0 Å². The Labute approximate surface area is 78.5 Å². The van der Waals surface area contributed by atoms with E-state index in [1.807, 2.05) is 0 Å². The van der Waals surface area contributed by atoms with Gasteiger partial charge in [-0.3, -0.25) is 0 Å². The van der Waals surface area contributed by atoms with E-state index in [1.54, 1.807) is 13.8 Å². The minimum absolute atomic E-state index is 0.216. The predicted molar refractivity (Wildman–Crippen MR) is 48.6 cm³/mol. The van der Waals surface area contributed by atoms with Gasteiger partial charge in [-0.15, -0.1) is 16.9 Å². The average molecular weight is 203 g/mol. The molecule has 0 amide bonds. The Kier molecular flexibility index (Phi) is 6.13. The van der Waals surface area contributed by atoms with Crippen molar-refractivity contribution in [3.63, 3.8) is 0 Å². The molecule has 0 spiro atoms. The largest absolute Gasteiger partial charge is 0.636 e. The van der Waals surface area contributed by atoms with Crippen LogP contribution < -0.4 is 0 Å². The molecule has 2 atom stereocenters. The summed E-state index contributed by atoms with van der Waals surface area (Å²) in [6, 6.07) is 0. The van der Waals surface area contributed by atoms with Crippen LogP contribution in [0.15, 0.2) is 0 Å². The molecular formula is C8H12O4P+. The second-order valence-corrected chi connectivity index (χ2v) is 3.42. The van der Waals surface area contributed by atoms with Crippen LogP contribution in [-0.2, 0) is 13.8 Å². The molecule has 0 saturated carbocycles. The molecule has 72 valence electrons. The van der Waals surface area contributed by atoms with E-state index in [0.717, 1.165) is 0 Å². The Morgan fingerprint density at radius 3 is 2.77 bits per heavy atom. The smallest absolute Gasteiger partial charge is 0.421 e. The first-order chi connectivity index (χ1) is 6.11. The zero-order valence-electron chi connectivity index (χ0n) is 7.65. The van der Waals surface area contributed by atoms with E-state index in [-0.39, 0.29) is 6.61 Å². The highest BCUT2D eigenvalue weighted by Gasteiger charge is 2.34. The second kappa shape index (κ2) is 6.59. The summed E-state index contributed by atoms with van der Waals surface area (Å²) in [7, 11) is -2.36. The van der Waals surface area contributed by atoms with Crippen LogP contribution >= 0.6 is 8.03 Å². The lowest BCUT2D eigenvalue weighted by molar-refractivity contribution is 0.130. The maximum absolute atomic E-state index is 10.9. The van der Waals surface area contributed by atoms with Gasteiger partial charge in [0.05, 0.1) is 0 Å². The second-order valence-electron chi connectivity index (χ2n) is 2.28. The molecule has 5 heteroatoms. The first-order valence-corrected chi connectivity index (χ1v) is 5.03. The molecule has 0 aliphatic rings. The van der Waals surface area contributed by atoms with Gasteiger partial charge in [-0.2, -0.15) is 4.79 Å².